The summed E-state index contributed by atoms with van der Waals surface area (Å²) in [4.78, 5) is 24.9. The number of rotatable bonds is 3. The third-order valence-corrected chi connectivity index (χ3v) is 4.46. The standard InChI is InChI=1S/C17H16ClNO4/c18-13-5-2-1-4-12(13)17(19)8-3-6-14(15(17)20)23-16(21)11-7-9-22-10-11/h1-2,4-5,7,9-10,14H,3,6,8,19H2. The van der Waals surface area contributed by atoms with Crippen molar-refractivity contribution in [2.24, 2.45) is 5.73 Å². The molecule has 6 heteroatoms. The number of carbonyl (C=O) groups excluding carboxylic acids is 2. The summed E-state index contributed by atoms with van der Waals surface area (Å²) in [6, 6.07) is 8.48. The molecular weight excluding hydrogens is 318 g/mol. The lowest BCUT2D eigenvalue weighted by Gasteiger charge is -2.36. The zero-order valence-electron chi connectivity index (χ0n) is 12.3. The fraction of sp³-hybridized carbons (Fsp3) is 0.294. The monoisotopic (exact) mass is 333 g/mol. The second-order valence-corrected chi connectivity index (χ2v) is 6.02. The Bertz CT molecular complexity index is 728. The van der Waals surface area contributed by atoms with Gasteiger partial charge in [-0.15, -0.1) is 0 Å². The Balaban J connectivity index is 1.84. The van der Waals surface area contributed by atoms with Crippen LogP contribution in [0.15, 0.2) is 47.3 Å². The third-order valence-electron chi connectivity index (χ3n) is 4.13. The Morgan fingerprint density at radius 1 is 1.35 bits per heavy atom. The number of hydrogen-bond acceptors (Lipinski definition) is 5. The average Bonchev–Trinajstić information content (AvgIpc) is 3.07. The summed E-state index contributed by atoms with van der Waals surface area (Å²) in [5, 5.41) is 0.435. The zero-order valence-corrected chi connectivity index (χ0v) is 13.1. The van der Waals surface area contributed by atoms with Gasteiger partial charge in [-0.1, -0.05) is 29.8 Å². The zero-order chi connectivity index (χ0) is 16.4. The van der Waals surface area contributed by atoms with Gasteiger partial charge in [0, 0.05) is 5.02 Å². The summed E-state index contributed by atoms with van der Waals surface area (Å²) in [5.74, 6) is -0.922. The van der Waals surface area contributed by atoms with Gasteiger partial charge in [-0.2, -0.15) is 0 Å². The van der Waals surface area contributed by atoms with E-state index >= 15 is 0 Å². The lowest BCUT2D eigenvalue weighted by Crippen LogP contribution is -2.53. The minimum atomic E-state index is -1.24. The molecular formula is C17H16ClNO4. The van der Waals surface area contributed by atoms with Crippen molar-refractivity contribution in [3.8, 4) is 0 Å². The fourth-order valence-electron chi connectivity index (χ4n) is 2.89. The van der Waals surface area contributed by atoms with Crippen molar-refractivity contribution >= 4 is 23.4 Å². The van der Waals surface area contributed by atoms with Gasteiger partial charge in [0.15, 0.2) is 11.9 Å². The van der Waals surface area contributed by atoms with E-state index in [-0.39, 0.29) is 11.3 Å². The molecule has 1 fully saturated rings. The average molecular weight is 334 g/mol. The van der Waals surface area contributed by atoms with Gasteiger partial charge in [0.2, 0.25) is 0 Å². The first-order chi connectivity index (χ1) is 11.0. The third kappa shape index (κ3) is 2.90. The molecule has 2 aromatic rings. The molecule has 2 atom stereocenters. The number of esters is 1. The summed E-state index contributed by atoms with van der Waals surface area (Å²) in [7, 11) is 0. The van der Waals surface area contributed by atoms with E-state index in [4.69, 9.17) is 26.5 Å². The number of hydrogen-bond donors (Lipinski definition) is 1. The van der Waals surface area contributed by atoms with E-state index in [0.29, 0.717) is 29.8 Å². The smallest absolute Gasteiger partial charge is 0.342 e. The highest BCUT2D eigenvalue weighted by Gasteiger charge is 2.45. The van der Waals surface area contributed by atoms with E-state index in [1.165, 1.54) is 18.6 Å². The van der Waals surface area contributed by atoms with Crippen LogP contribution in [0.25, 0.3) is 0 Å². The van der Waals surface area contributed by atoms with Crippen molar-refractivity contribution in [1.82, 2.24) is 0 Å². The lowest BCUT2D eigenvalue weighted by molar-refractivity contribution is -0.136. The molecule has 0 spiro atoms. The number of nitrogens with two attached hydrogens (primary N) is 1. The van der Waals surface area contributed by atoms with E-state index in [1.54, 1.807) is 24.3 Å². The van der Waals surface area contributed by atoms with Crippen molar-refractivity contribution in [3.63, 3.8) is 0 Å². The molecule has 1 aromatic carbocycles. The normalized spacial score (nSPS) is 24.4. The second kappa shape index (κ2) is 6.18. The maximum atomic E-state index is 12.8. The first-order valence-corrected chi connectivity index (χ1v) is 7.71. The van der Waals surface area contributed by atoms with E-state index < -0.39 is 17.6 Å². The lowest BCUT2D eigenvalue weighted by atomic mass is 9.75. The van der Waals surface area contributed by atoms with Gasteiger partial charge in [-0.05, 0) is 37.0 Å². The number of carbonyl (C=O) groups is 2. The van der Waals surface area contributed by atoms with Crippen LogP contribution in [0.4, 0.5) is 0 Å². The number of ketones is 1. The summed E-state index contributed by atoms with van der Waals surface area (Å²) < 4.78 is 10.2. The summed E-state index contributed by atoms with van der Waals surface area (Å²) in [6.45, 7) is 0. The van der Waals surface area contributed by atoms with Crippen molar-refractivity contribution < 1.29 is 18.7 Å². The molecule has 0 amide bonds. The van der Waals surface area contributed by atoms with Gasteiger partial charge in [0.1, 0.15) is 11.8 Å². The van der Waals surface area contributed by atoms with Gasteiger partial charge in [-0.3, -0.25) is 4.79 Å². The van der Waals surface area contributed by atoms with Gasteiger partial charge < -0.3 is 14.9 Å². The minimum Gasteiger partial charge on any atom is -0.472 e. The molecule has 23 heavy (non-hydrogen) atoms. The Morgan fingerprint density at radius 2 is 2.13 bits per heavy atom. The number of benzene rings is 1. The minimum absolute atomic E-state index is 0.267. The first-order valence-electron chi connectivity index (χ1n) is 7.34. The van der Waals surface area contributed by atoms with Crippen LogP contribution in [0.2, 0.25) is 5.02 Å². The number of ether oxygens (including phenoxy) is 1. The molecule has 1 aromatic heterocycles. The number of halogens is 1. The molecule has 3 rings (SSSR count). The summed E-state index contributed by atoms with van der Waals surface area (Å²) in [5.41, 5.74) is 5.96. The summed E-state index contributed by atoms with van der Waals surface area (Å²) >= 11 is 6.19. The predicted molar refractivity (Wildman–Crippen MR) is 84.1 cm³/mol. The van der Waals surface area contributed by atoms with Crippen LogP contribution in [-0.2, 0) is 15.1 Å². The largest absolute Gasteiger partial charge is 0.472 e. The molecule has 0 bridgehead atoms. The summed E-state index contributed by atoms with van der Waals surface area (Å²) in [6.07, 6.45) is 3.35. The molecule has 120 valence electrons. The van der Waals surface area contributed by atoms with Crippen LogP contribution < -0.4 is 5.73 Å². The first kappa shape index (κ1) is 15.8. The van der Waals surface area contributed by atoms with Crippen LogP contribution in [0.1, 0.15) is 35.2 Å². The van der Waals surface area contributed by atoms with Crippen molar-refractivity contribution in [2.75, 3.05) is 0 Å². The Kier molecular flexibility index (Phi) is 4.24. The van der Waals surface area contributed by atoms with Crippen molar-refractivity contribution in [1.29, 1.82) is 0 Å². The van der Waals surface area contributed by atoms with Crippen LogP contribution in [0.5, 0.6) is 0 Å². The SMILES string of the molecule is NC1(c2ccccc2Cl)CCCC(OC(=O)c2ccoc2)C1=O. The van der Waals surface area contributed by atoms with Crippen molar-refractivity contribution in [2.45, 2.75) is 30.9 Å². The highest BCUT2D eigenvalue weighted by molar-refractivity contribution is 6.31. The van der Waals surface area contributed by atoms with Crippen LogP contribution in [0.3, 0.4) is 0 Å². The van der Waals surface area contributed by atoms with Gasteiger partial charge in [0.05, 0.1) is 11.8 Å². The van der Waals surface area contributed by atoms with Crippen molar-refractivity contribution in [3.05, 3.63) is 59.0 Å². The molecule has 2 unspecified atom stereocenters. The van der Waals surface area contributed by atoms with E-state index in [0.717, 1.165) is 0 Å². The molecule has 2 N–H and O–H groups in total. The molecule has 0 saturated heterocycles. The molecule has 0 aliphatic heterocycles. The maximum absolute atomic E-state index is 12.8. The number of furan rings is 1. The maximum Gasteiger partial charge on any atom is 0.342 e. The molecule has 1 aliphatic rings. The predicted octanol–water partition coefficient (Wildman–Crippen LogP) is 3.07. The second-order valence-electron chi connectivity index (χ2n) is 5.61. The highest BCUT2D eigenvalue weighted by atomic mass is 35.5. The number of Topliss-reactive ketones (excluding diaryl/α,β-unsaturated/α-hetero) is 1. The molecule has 5 nitrogen and oxygen atoms in total. The molecule has 0 radical (unpaired) electrons. The molecule has 1 heterocycles. The van der Waals surface area contributed by atoms with Gasteiger partial charge >= 0.3 is 5.97 Å². The Morgan fingerprint density at radius 3 is 2.83 bits per heavy atom. The van der Waals surface area contributed by atoms with E-state index in [1.807, 2.05) is 0 Å². The van der Waals surface area contributed by atoms with Gasteiger partial charge in [-0.25, -0.2) is 4.79 Å². The molecule has 1 saturated carbocycles. The van der Waals surface area contributed by atoms with E-state index in [9.17, 15) is 9.59 Å². The Hall–Kier alpha value is -2.11. The van der Waals surface area contributed by atoms with Crippen LogP contribution >= 0.6 is 11.6 Å². The fourth-order valence-corrected chi connectivity index (χ4v) is 3.19. The quantitative estimate of drug-likeness (QED) is 0.873. The van der Waals surface area contributed by atoms with Gasteiger partial charge in [0.25, 0.3) is 0 Å². The highest BCUT2D eigenvalue weighted by Crippen LogP contribution is 2.37. The van der Waals surface area contributed by atoms with E-state index in [2.05, 4.69) is 0 Å². The Labute approximate surface area is 138 Å². The van der Waals surface area contributed by atoms with Crippen LogP contribution in [-0.4, -0.2) is 17.9 Å². The molecule has 1 aliphatic carbocycles. The topological polar surface area (TPSA) is 82.5 Å². The van der Waals surface area contributed by atoms with Crippen LogP contribution in [0, 0.1) is 0 Å².